The Bertz CT molecular complexity index is 638. The van der Waals surface area contributed by atoms with Crippen LogP contribution in [0.25, 0.3) is 0 Å². The Kier molecular flexibility index (Phi) is 3.90. The highest BCUT2D eigenvalue weighted by molar-refractivity contribution is 6.30. The molecule has 5 heteroatoms. The van der Waals surface area contributed by atoms with Gasteiger partial charge in [-0.3, -0.25) is 13.9 Å². The lowest BCUT2D eigenvalue weighted by Gasteiger charge is -2.05. The van der Waals surface area contributed by atoms with Crippen LogP contribution in [0.1, 0.15) is 30.2 Å². The number of Topliss-reactive ketones (excluding diaryl/α,β-unsaturated/α-hetero) is 1. The monoisotopic (exact) mass is 278 g/mol. The van der Waals surface area contributed by atoms with Crippen molar-refractivity contribution in [2.45, 2.75) is 26.4 Å². The van der Waals surface area contributed by atoms with Crippen LogP contribution < -0.4 is 5.69 Å². The minimum Gasteiger partial charge on any atom is -0.297 e. The number of carbonyl (C=O) groups is 1. The molecule has 100 valence electrons. The predicted octanol–water partition coefficient (Wildman–Crippen LogP) is 2.77. The SMILES string of the molecule is CC(C)n1ccn(CC(=O)c2ccc(Cl)cc2)c1=O. The zero-order valence-corrected chi connectivity index (χ0v) is 11.6. The van der Waals surface area contributed by atoms with Crippen LogP contribution in [0.4, 0.5) is 0 Å². The molecule has 0 amide bonds. The van der Waals surface area contributed by atoms with Crippen molar-refractivity contribution in [3.63, 3.8) is 0 Å². The molecule has 1 aromatic heterocycles. The fraction of sp³-hybridized carbons (Fsp3) is 0.286. The van der Waals surface area contributed by atoms with Crippen LogP contribution in [0.3, 0.4) is 0 Å². The highest BCUT2D eigenvalue weighted by Gasteiger charge is 2.11. The van der Waals surface area contributed by atoms with E-state index < -0.39 is 0 Å². The quantitative estimate of drug-likeness (QED) is 0.807. The molecular weight excluding hydrogens is 264 g/mol. The largest absolute Gasteiger partial charge is 0.328 e. The molecule has 0 saturated carbocycles. The zero-order valence-electron chi connectivity index (χ0n) is 10.8. The van der Waals surface area contributed by atoms with E-state index >= 15 is 0 Å². The van der Waals surface area contributed by atoms with E-state index in [1.165, 1.54) is 4.57 Å². The van der Waals surface area contributed by atoms with Gasteiger partial charge in [-0.15, -0.1) is 0 Å². The third kappa shape index (κ3) is 2.96. The average Bonchev–Trinajstić information content (AvgIpc) is 2.72. The van der Waals surface area contributed by atoms with Crippen LogP contribution >= 0.6 is 11.6 Å². The van der Waals surface area contributed by atoms with E-state index in [1.54, 1.807) is 41.2 Å². The number of nitrogens with zero attached hydrogens (tertiary/aromatic N) is 2. The van der Waals surface area contributed by atoms with Gasteiger partial charge in [-0.05, 0) is 38.1 Å². The summed E-state index contributed by atoms with van der Waals surface area (Å²) in [5.74, 6) is -0.111. The molecule has 0 saturated heterocycles. The maximum atomic E-state index is 12.0. The summed E-state index contributed by atoms with van der Waals surface area (Å²) >= 11 is 5.77. The molecule has 0 N–H and O–H groups in total. The van der Waals surface area contributed by atoms with Crippen LogP contribution in [0.2, 0.25) is 5.02 Å². The summed E-state index contributed by atoms with van der Waals surface area (Å²) in [6.45, 7) is 3.89. The standard InChI is InChI=1S/C14H15ClN2O2/c1-10(2)17-8-7-16(14(17)19)9-13(18)11-3-5-12(15)6-4-11/h3-8,10H,9H2,1-2H3. The Morgan fingerprint density at radius 3 is 2.37 bits per heavy atom. The first-order valence-corrected chi connectivity index (χ1v) is 6.43. The van der Waals surface area contributed by atoms with Gasteiger partial charge in [0.15, 0.2) is 5.78 Å². The van der Waals surface area contributed by atoms with Gasteiger partial charge < -0.3 is 0 Å². The number of hydrogen-bond acceptors (Lipinski definition) is 2. The normalized spacial score (nSPS) is 10.9. The predicted molar refractivity (Wildman–Crippen MR) is 74.9 cm³/mol. The third-order valence-electron chi connectivity index (χ3n) is 2.91. The third-order valence-corrected chi connectivity index (χ3v) is 3.16. The number of ketones is 1. The molecule has 4 nitrogen and oxygen atoms in total. The van der Waals surface area contributed by atoms with Gasteiger partial charge in [0.25, 0.3) is 0 Å². The minimum absolute atomic E-state index is 0.0419. The lowest BCUT2D eigenvalue weighted by atomic mass is 10.1. The second kappa shape index (κ2) is 5.45. The molecule has 0 aliphatic rings. The molecular formula is C14H15ClN2O2. The second-order valence-electron chi connectivity index (χ2n) is 4.64. The van der Waals surface area contributed by atoms with Crippen molar-refractivity contribution in [2.24, 2.45) is 0 Å². The molecule has 0 aliphatic heterocycles. The fourth-order valence-electron chi connectivity index (χ4n) is 1.82. The topological polar surface area (TPSA) is 44.0 Å². The van der Waals surface area contributed by atoms with Gasteiger partial charge in [-0.2, -0.15) is 0 Å². The van der Waals surface area contributed by atoms with E-state index in [0.29, 0.717) is 10.6 Å². The van der Waals surface area contributed by atoms with Crippen LogP contribution in [0.15, 0.2) is 41.5 Å². The van der Waals surface area contributed by atoms with E-state index in [2.05, 4.69) is 0 Å². The van der Waals surface area contributed by atoms with Crippen LogP contribution in [-0.2, 0) is 6.54 Å². The van der Waals surface area contributed by atoms with Crippen molar-refractivity contribution in [1.82, 2.24) is 9.13 Å². The van der Waals surface area contributed by atoms with Crippen molar-refractivity contribution in [3.05, 3.63) is 57.7 Å². The zero-order chi connectivity index (χ0) is 14.0. The molecule has 0 radical (unpaired) electrons. The molecule has 1 heterocycles. The summed E-state index contributed by atoms with van der Waals surface area (Å²) in [5, 5.41) is 0.583. The number of aromatic nitrogens is 2. The molecule has 19 heavy (non-hydrogen) atoms. The first kappa shape index (κ1) is 13.6. The Morgan fingerprint density at radius 1 is 1.21 bits per heavy atom. The maximum absolute atomic E-state index is 12.0. The van der Waals surface area contributed by atoms with Crippen molar-refractivity contribution in [1.29, 1.82) is 0 Å². The lowest BCUT2D eigenvalue weighted by Crippen LogP contribution is -2.27. The van der Waals surface area contributed by atoms with Gasteiger partial charge in [-0.25, -0.2) is 4.79 Å². The van der Waals surface area contributed by atoms with Gasteiger partial charge in [0.2, 0.25) is 0 Å². The van der Waals surface area contributed by atoms with E-state index in [1.807, 2.05) is 13.8 Å². The number of halogens is 1. The summed E-state index contributed by atoms with van der Waals surface area (Å²) in [5.41, 5.74) is 0.380. The van der Waals surface area contributed by atoms with Gasteiger partial charge in [0.05, 0.1) is 6.54 Å². The number of benzene rings is 1. The Morgan fingerprint density at radius 2 is 1.84 bits per heavy atom. The molecule has 0 unspecified atom stereocenters. The average molecular weight is 279 g/mol. The van der Waals surface area contributed by atoms with Crippen molar-refractivity contribution in [3.8, 4) is 0 Å². The second-order valence-corrected chi connectivity index (χ2v) is 5.08. The van der Waals surface area contributed by atoms with Gasteiger partial charge in [0, 0.05) is 29.0 Å². The van der Waals surface area contributed by atoms with Crippen LogP contribution in [0.5, 0.6) is 0 Å². The molecule has 0 fully saturated rings. The first-order valence-electron chi connectivity index (χ1n) is 6.05. The summed E-state index contributed by atoms with van der Waals surface area (Å²) < 4.78 is 3.01. The number of hydrogen-bond donors (Lipinski definition) is 0. The van der Waals surface area contributed by atoms with Crippen LogP contribution in [-0.4, -0.2) is 14.9 Å². The molecule has 2 rings (SSSR count). The van der Waals surface area contributed by atoms with Crippen LogP contribution in [0, 0.1) is 0 Å². The van der Waals surface area contributed by atoms with Crippen molar-refractivity contribution < 1.29 is 4.79 Å². The molecule has 1 aromatic carbocycles. The number of carbonyl (C=O) groups excluding carboxylic acids is 1. The smallest absolute Gasteiger partial charge is 0.297 e. The molecule has 2 aromatic rings. The van der Waals surface area contributed by atoms with E-state index in [0.717, 1.165) is 0 Å². The number of imidazole rings is 1. The molecule has 0 atom stereocenters. The van der Waals surface area contributed by atoms with E-state index in [-0.39, 0.29) is 24.1 Å². The lowest BCUT2D eigenvalue weighted by molar-refractivity contribution is 0.0970. The molecule has 0 spiro atoms. The summed E-state index contributed by atoms with van der Waals surface area (Å²) in [6, 6.07) is 6.73. The summed E-state index contributed by atoms with van der Waals surface area (Å²) in [4.78, 5) is 24.0. The Balaban J connectivity index is 2.20. The maximum Gasteiger partial charge on any atom is 0.328 e. The van der Waals surface area contributed by atoms with Gasteiger partial charge in [-0.1, -0.05) is 11.6 Å². The minimum atomic E-state index is -0.169. The number of rotatable bonds is 4. The first-order chi connectivity index (χ1) is 8.99. The van der Waals surface area contributed by atoms with Crippen molar-refractivity contribution in [2.75, 3.05) is 0 Å². The van der Waals surface area contributed by atoms with Gasteiger partial charge >= 0.3 is 5.69 Å². The highest BCUT2D eigenvalue weighted by Crippen LogP contribution is 2.10. The Labute approximate surface area is 116 Å². The molecule has 0 aliphatic carbocycles. The molecule has 0 bridgehead atoms. The summed E-state index contributed by atoms with van der Waals surface area (Å²) in [7, 11) is 0. The summed E-state index contributed by atoms with van der Waals surface area (Å²) in [6.07, 6.45) is 3.33. The highest BCUT2D eigenvalue weighted by atomic mass is 35.5. The van der Waals surface area contributed by atoms with Crippen molar-refractivity contribution >= 4 is 17.4 Å². The van der Waals surface area contributed by atoms with Gasteiger partial charge in [0.1, 0.15) is 0 Å². The Hall–Kier alpha value is -1.81. The van der Waals surface area contributed by atoms with E-state index in [9.17, 15) is 9.59 Å². The fourth-order valence-corrected chi connectivity index (χ4v) is 1.95. The van der Waals surface area contributed by atoms with E-state index in [4.69, 9.17) is 11.6 Å².